The Morgan fingerprint density at radius 2 is 0.859 bits per heavy atom. The number of aliphatic hydroxyl groups is 2. The monoisotopic (exact) mass is 896 g/mol. The Kier molecular flexibility index (Phi) is 51.2. The summed E-state index contributed by atoms with van der Waals surface area (Å²) < 4.78 is 5.42. The number of hydrogen-bond donors (Lipinski definition) is 3. The number of aliphatic hydroxyl groups excluding tert-OH is 2. The zero-order valence-corrected chi connectivity index (χ0v) is 42.2. The molecule has 0 bridgehead atoms. The number of amides is 1. The first-order valence-electron chi connectivity index (χ1n) is 27.6. The summed E-state index contributed by atoms with van der Waals surface area (Å²) in [6.07, 6.45) is 68.0. The Morgan fingerprint density at radius 1 is 0.453 bits per heavy atom. The van der Waals surface area contributed by atoms with Gasteiger partial charge in [-0.2, -0.15) is 0 Å². The van der Waals surface area contributed by atoms with E-state index >= 15 is 0 Å². The molecule has 2 atom stereocenters. The number of rotatable bonds is 50. The van der Waals surface area contributed by atoms with Crippen LogP contribution in [0.15, 0.2) is 60.8 Å². The molecule has 1 amide bonds. The Hall–Kier alpha value is -2.44. The van der Waals surface area contributed by atoms with Gasteiger partial charge in [-0.25, -0.2) is 0 Å². The number of unbranched alkanes of at least 4 members (excludes halogenated alkanes) is 32. The normalized spacial score (nSPS) is 13.1. The van der Waals surface area contributed by atoms with Crippen molar-refractivity contribution in [3.63, 3.8) is 0 Å². The van der Waals surface area contributed by atoms with Crippen LogP contribution in [-0.4, -0.2) is 47.4 Å². The predicted molar refractivity (Wildman–Crippen MR) is 278 cm³/mol. The SMILES string of the molecule is CCC/C=C\C/C=C\CCCCCCCC(=O)OCCCCC/C=C\C=C/CCCCCCCCC(=O)NC(CO)C(O)/C=C/CCCCCCCCCCCCCCCCCCC. The number of nitrogens with one attached hydrogen (secondary N) is 1. The molecule has 372 valence electrons. The highest BCUT2D eigenvalue weighted by Crippen LogP contribution is 2.15. The van der Waals surface area contributed by atoms with Crippen molar-refractivity contribution >= 4 is 11.9 Å². The van der Waals surface area contributed by atoms with Crippen molar-refractivity contribution in [2.75, 3.05) is 13.2 Å². The van der Waals surface area contributed by atoms with Gasteiger partial charge < -0.3 is 20.3 Å². The molecule has 0 rings (SSSR count). The average Bonchev–Trinajstić information content (AvgIpc) is 3.29. The van der Waals surface area contributed by atoms with Crippen LogP contribution in [0.25, 0.3) is 0 Å². The van der Waals surface area contributed by atoms with Gasteiger partial charge in [0.15, 0.2) is 0 Å². The smallest absolute Gasteiger partial charge is 0.305 e. The molecule has 6 nitrogen and oxygen atoms in total. The largest absolute Gasteiger partial charge is 0.466 e. The van der Waals surface area contributed by atoms with E-state index in [2.05, 4.69) is 67.8 Å². The molecule has 0 saturated carbocycles. The van der Waals surface area contributed by atoms with Crippen LogP contribution in [0.3, 0.4) is 0 Å². The van der Waals surface area contributed by atoms with E-state index in [1.807, 2.05) is 6.08 Å². The van der Waals surface area contributed by atoms with E-state index in [9.17, 15) is 19.8 Å². The Morgan fingerprint density at radius 3 is 1.34 bits per heavy atom. The number of allylic oxidation sites excluding steroid dienone is 9. The number of esters is 1. The van der Waals surface area contributed by atoms with Gasteiger partial charge in [0.2, 0.25) is 5.91 Å². The van der Waals surface area contributed by atoms with E-state index in [1.165, 1.54) is 154 Å². The van der Waals surface area contributed by atoms with Crippen LogP contribution >= 0.6 is 0 Å². The van der Waals surface area contributed by atoms with E-state index in [4.69, 9.17) is 4.74 Å². The molecule has 0 heterocycles. The number of ether oxygens (including phenoxy) is 1. The summed E-state index contributed by atoms with van der Waals surface area (Å²) in [4.78, 5) is 24.4. The Labute approximate surface area is 397 Å². The summed E-state index contributed by atoms with van der Waals surface area (Å²) in [5.41, 5.74) is 0. The van der Waals surface area contributed by atoms with Crippen LogP contribution in [0.1, 0.15) is 271 Å². The summed E-state index contributed by atoms with van der Waals surface area (Å²) in [5, 5.41) is 23.1. The molecule has 0 aromatic rings. The topological polar surface area (TPSA) is 95.9 Å². The van der Waals surface area contributed by atoms with Gasteiger partial charge in [0, 0.05) is 12.8 Å². The van der Waals surface area contributed by atoms with E-state index in [0.29, 0.717) is 19.4 Å². The number of carbonyl (C=O) groups is 2. The maximum atomic E-state index is 12.5. The van der Waals surface area contributed by atoms with Gasteiger partial charge >= 0.3 is 5.97 Å². The third-order valence-electron chi connectivity index (χ3n) is 12.3. The molecule has 0 spiro atoms. The minimum Gasteiger partial charge on any atom is -0.466 e. The van der Waals surface area contributed by atoms with Gasteiger partial charge in [0.05, 0.1) is 25.4 Å². The van der Waals surface area contributed by atoms with Crippen molar-refractivity contribution in [1.29, 1.82) is 0 Å². The van der Waals surface area contributed by atoms with Gasteiger partial charge in [-0.1, -0.05) is 229 Å². The lowest BCUT2D eigenvalue weighted by Crippen LogP contribution is -2.45. The molecule has 0 fully saturated rings. The molecule has 0 saturated heterocycles. The second-order valence-electron chi connectivity index (χ2n) is 18.6. The molecular weight excluding hydrogens is 791 g/mol. The van der Waals surface area contributed by atoms with Gasteiger partial charge in [0.1, 0.15) is 0 Å². The molecule has 0 radical (unpaired) electrons. The molecule has 6 heteroatoms. The summed E-state index contributed by atoms with van der Waals surface area (Å²) >= 11 is 0. The fourth-order valence-electron chi connectivity index (χ4n) is 8.01. The minimum atomic E-state index is -0.861. The molecule has 2 unspecified atom stereocenters. The van der Waals surface area contributed by atoms with E-state index in [1.54, 1.807) is 6.08 Å². The Bertz CT molecular complexity index is 1130. The van der Waals surface area contributed by atoms with Gasteiger partial charge in [-0.05, 0) is 89.9 Å². The van der Waals surface area contributed by atoms with Crippen LogP contribution in [0, 0.1) is 0 Å². The zero-order valence-electron chi connectivity index (χ0n) is 42.2. The summed E-state index contributed by atoms with van der Waals surface area (Å²) in [6, 6.07) is -0.647. The molecule has 0 aliphatic carbocycles. The summed E-state index contributed by atoms with van der Waals surface area (Å²) in [6.45, 7) is 4.77. The molecule has 64 heavy (non-hydrogen) atoms. The molecular formula is C58H105NO5. The van der Waals surface area contributed by atoms with Crippen LogP contribution in [0.2, 0.25) is 0 Å². The standard InChI is InChI=1S/C58H105NO5/c1-3-5-7-9-11-13-15-17-18-19-20-21-23-27-30-34-38-42-46-50-56(61)55(54-60)59-57(62)51-47-43-39-35-31-28-24-22-25-29-33-37-41-45-49-53-64-58(63)52-48-44-40-36-32-26-16-14-12-10-8-6-4-2/h8,10,14,16,22,25,29,33,46,50,55-56,60-61H,3-7,9,11-13,15,17-21,23-24,26-28,30-32,34-45,47-49,51-54H2,1-2H3,(H,59,62)/b10-8-,16-14-,25-22-,33-29-,50-46+. The third kappa shape index (κ3) is 49.0. The maximum absolute atomic E-state index is 12.5. The van der Waals surface area contributed by atoms with Gasteiger partial charge in [-0.15, -0.1) is 0 Å². The van der Waals surface area contributed by atoms with Gasteiger partial charge in [-0.3, -0.25) is 9.59 Å². The van der Waals surface area contributed by atoms with Crippen molar-refractivity contribution in [2.45, 2.75) is 283 Å². The number of carbonyl (C=O) groups excluding carboxylic acids is 2. The van der Waals surface area contributed by atoms with Gasteiger partial charge in [0.25, 0.3) is 0 Å². The second kappa shape index (κ2) is 53.2. The lowest BCUT2D eigenvalue weighted by Gasteiger charge is -2.20. The molecule has 0 aliphatic rings. The van der Waals surface area contributed by atoms with Crippen molar-refractivity contribution in [1.82, 2.24) is 5.32 Å². The highest BCUT2D eigenvalue weighted by Gasteiger charge is 2.18. The second-order valence-corrected chi connectivity index (χ2v) is 18.6. The maximum Gasteiger partial charge on any atom is 0.305 e. The van der Waals surface area contributed by atoms with Crippen LogP contribution in [0.4, 0.5) is 0 Å². The van der Waals surface area contributed by atoms with E-state index in [-0.39, 0.29) is 18.5 Å². The lowest BCUT2D eigenvalue weighted by molar-refractivity contribution is -0.143. The number of hydrogen-bond acceptors (Lipinski definition) is 5. The third-order valence-corrected chi connectivity index (χ3v) is 12.3. The first-order valence-corrected chi connectivity index (χ1v) is 27.6. The fourth-order valence-corrected chi connectivity index (χ4v) is 8.01. The summed E-state index contributed by atoms with van der Waals surface area (Å²) in [7, 11) is 0. The van der Waals surface area contributed by atoms with E-state index < -0.39 is 12.1 Å². The van der Waals surface area contributed by atoms with Crippen molar-refractivity contribution < 1.29 is 24.5 Å². The fraction of sp³-hybridized carbons (Fsp3) is 0.793. The first-order chi connectivity index (χ1) is 31.5. The quantitative estimate of drug-likeness (QED) is 0.0245. The highest BCUT2D eigenvalue weighted by atomic mass is 16.5. The highest BCUT2D eigenvalue weighted by molar-refractivity contribution is 5.76. The molecule has 0 aliphatic heterocycles. The van der Waals surface area contributed by atoms with Crippen molar-refractivity contribution in [2.24, 2.45) is 0 Å². The first kappa shape index (κ1) is 61.6. The van der Waals surface area contributed by atoms with E-state index in [0.717, 1.165) is 89.9 Å². The van der Waals surface area contributed by atoms with Crippen LogP contribution < -0.4 is 5.32 Å². The molecule has 0 aromatic carbocycles. The molecule has 3 N–H and O–H groups in total. The Balaban J connectivity index is 3.58. The summed E-state index contributed by atoms with van der Waals surface area (Å²) in [5.74, 6) is -0.130. The lowest BCUT2D eigenvalue weighted by atomic mass is 10.0. The van der Waals surface area contributed by atoms with Crippen molar-refractivity contribution in [3.05, 3.63) is 60.8 Å². The molecule has 0 aromatic heterocycles. The predicted octanol–water partition coefficient (Wildman–Crippen LogP) is 16.8. The van der Waals surface area contributed by atoms with Crippen molar-refractivity contribution in [3.8, 4) is 0 Å². The van der Waals surface area contributed by atoms with Crippen LogP contribution in [-0.2, 0) is 14.3 Å². The zero-order chi connectivity index (χ0) is 46.5. The van der Waals surface area contributed by atoms with Crippen LogP contribution in [0.5, 0.6) is 0 Å². The minimum absolute atomic E-state index is 0.0390. The average molecular weight is 896 g/mol.